The van der Waals surface area contributed by atoms with Crippen LogP contribution in [-0.2, 0) is 21.2 Å². The Labute approximate surface area is 122 Å². The third kappa shape index (κ3) is 6.34. The molecule has 1 aromatic carbocycles. The molecule has 1 amide bonds. The molecule has 112 valence electrons. The van der Waals surface area contributed by atoms with Gasteiger partial charge in [-0.2, -0.15) is 0 Å². The van der Waals surface area contributed by atoms with Gasteiger partial charge in [-0.3, -0.25) is 4.79 Å². The lowest BCUT2D eigenvalue weighted by atomic mass is 10.2. The molecule has 0 heterocycles. The molecule has 0 radical (unpaired) electrons. The first-order chi connectivity index (χ1) is 9.08. The summed E-state index contributed by atoms with van der Waals surface area (Å²) in [7, 11) is -4.37. The van der Waals surface area contributed by atoms with Gasteiger partial charge >= 0.3 is 0 Å². The molecule has 20 heavy (non-hydrogen) atoms. The fourth-order valence-corrected chi connectivity index (χ4v) is 3.41. The van der Waals surface area contributed by atoms with Crippen molar-refractivity contribution in [3.63, 3.8) is 0 Å². The molecule has 0 aliphatic heterocycles. The summed E-state index contributed by atoms with van der Waals surface area (Å²) in [4.78, 5) is 11.5. The molecule has 0 aliphatic carbocycles. The van der Waals surface area contributed by atoms with Crippen LogP contribution in [0.4, 0.5) is 0 Å². The van der Waals surface area contributed by atoms with Crippen LogP contribution in [0.15, 0.2) is 24.3 Å². The van der Waals surface area contributed by atoms with Crippen LogP contribution >= 0.6 is 0 Å². The highest BCUT2D eigenvalue weighted by molar-refractivity contribution is 7.90. The van der Waals surface area contributed by atoms with E-state index >= 15 is 0 Å². The van der Waals surface area contributed by atoms with Gasteiger partial charge in [0, 0.05) is 19.2 Å². The zero-order chi connectivity index (χ0) is 15.4. The summed E-state index contributed by atoms with van der Waals surface area (Å²) in [6, 6.07) is 8.27. The lowest BCUT2D eigenvalue weighted by Gasteiger charge is -2.16. The van der Waals surface area contributed by atoms with E-state index in [9.17, 15) is 13.2 Å². The number of amides is 1. The van der Waals surface area contributed by atoms with Gasteiger partial charge in [0.15, 0.2) is 0 Å². The fourth-order valence-electron chi connectivity index (χ4n) is 1.69. The number of carbonyl (C=O) groups is 1. The van der Waals surface area contributed by atoms with Gasteiger partial charge in [-0.25, -0.2) is 8.42 Å². The molecule has 0 aromatic heterocycles. The predicted octanol–water partition coefficient (Wildman–Crippen LogP) is 1.28. The van der Waals surface area contributed by atoms with Crippen molar-refractivity contribution in [1.29, 1.82) is 0 Å². The maximum Gasteiger partial charge on any atom is 0.221 e. The minimum absolute atomic E-state index is 0.0197. The number of hydrogen-bond acceptors (Lipinski definition) is 3. The molecule has 0 atom stereocenters. The molecule has 4 nitrogen and oxygen atoms in total. The molecule has 0 unspecified atom stereocenters. The molecule has 0 saturated heterocycles. The molecule has 0 fully saturated rings. The molecule has 1 N–H and O–H groups in total. The Morgan fingerprint density at radius 2 is 1.70 bits per heavy atom. The van der Waals surface area contributed by atoms with E-state index in [2.05, 4.69) is 37.1 Å². The minimum Gasteiger partial charge on any atom is -0.352 e. The van der Waals surface area contributed by atoms with Crippen molar-refractivity contribution >= 4 is 29.0 Å². The molecule has 6 heteroatoms. The van der Waals surface area contributed by atoms with Crippen molar-refractivity contribution in [3.05, 3.63) is 29.8 Å². The Balaban J connectivity index is 2.48. The first-order valence-corrected chi connectivity index (χ1v) is 12.2. The molecule has 1 rings (SSSR count). The van der Waals surface area contributed by atoms with Crippen LogP contribution in [-0.4, -0.2) is 34.4 Å². The fraction of sp³-hybridized carbons (Fsp3) is 0.500. The predicted molar refractivity (Wildman–Crippen MR) is 85.6 cm³/mol. The van der Waals surface area contributed by atoms with E-state index in [1.54, 1.807) is 0 Å². The van der Waals surface area contributed by atoms with E-state index in [0.29, 0.717) is 6.54 Å². The third-order valence-corrected chi connectivity index (χ3v) is 6.02. The van der Waals surface area contributed by atoms with Crippen LogP contribution < -0.4 is 10.5 Å². The molecule has 1 aromatic rings. The highest BCUT2D eigenvalue weighted by Crippen LogP contribution is 2.04. The van der Waals surface area contributed by atoms with Gasteiger partial charge in [-0.05, 0) is 5.56 Å². The minimum atomic E-state index is -3.08. The van der Waals surface area contributed by atoms with Gasteiger partial charge in [0.1, 0.15) is 9.84 Å². The van der Waals surface area contributed by atoms with E-state index in [4.69, 9.17) is 0 Å². The van der Waals surface area contributed by atoms with Gasteiger partial charge in [-0.1, -0.05) is 49.1 Å². The lowest BCUT2D eigenvalue weighted by molar-refractivity contribution is -0.120. The molecule has 0 saturated carbocycles. The van der Waals surface area contributed by atoms with Crippen LogP contribution in [0.3, 0.4) is 0 Å². The molecular weight excluding hydrogens is 290 g/mol. The van der Waals surface area contributed by atoms with Crippen LogP contribution in [0.2, 0.25) is 19.6 Å². The topological polar surface area (TPSA) is 63.2 Å². The van der Waals surface area contributed by atoms with Gasteiger partial charge in [0.05, 0.1) is 13.8 Å². The maximum absolute atomic E-state index is 11.5. The average Bonchev–Trinajstić information content (AvgIpc) is 2.32. The normalized spacial score (nSPS) is 12.2. The maximum atomic E-state index is 11.5. The molecule has 0 spiro atoms. The quantitative estimate of drug-likeness (QED) is 0.805. The van der Waals surface area contributed by atoms with Crippen molar-refractivity contribution in [2.45, 2.75) is 32.6 Å². The van der Waals surface area contributed by atoms with Gasteiger partial charge in [0.2, 0.25) is 5.91 Å². The van der Waals surface area contributed by atoms with Crippen molar-refractivity contribution in [2.24, 2.45) is 0 Å². The smallest absolute Gasteiger partial charge is 0.221 e. The second-order valence-corrected chi connectivity index (χ2v) is 13.4. The zero-order valence-electron chi connectivity index (χ0n) is 12.6. The Bertz CT molecular complexity index is 559. The number of benzene rings is 1. The summed E-state index contributed by atoms with van der Waals surface area (Å²) in [5.74, 6) is -0.336. The average molecular weight is 313 g/mol. The summed E-state index contributed by atoms with van der Waals surface area (Å²) in [6.45, 7) is 7.30. The summed E-state index contributed by atoms with van der Waals surface area (Å²) in [5.41, 5.74) is 1.03. The van der Waals surface area contributed by atoms with E-state index in [1.807, 2.05) is 12.1 Å². The zero-order valence-corrected chi connectivity index (χ0v) is 14.4. The standard InChI is InChI=1S/C14H23NO3SSi/c1-19(17,18)10-9-14(16)15-11-12-5-7-13(8-6-12)20(2,3)4/h5-8H,9-11H2,1-4H3,(H,15,16). The number of sulfone groups is 1. The van der Waals surface area contributed by atoms with E-state index in [-0.39, 0.29) is 18.1 Å². The molecule has 0 bridgehead atoms. The molecular formula is C14H23NO3SSi. The Kier molecular flexibility index (Phi) is 5.53. The third-order valence-electron chi connectivity index (χ3n) is 3.01. The number of hydrogen-bond donors (Lipinski definition) is 1. The van der Waals surface area contributed by atoms with E-state index < -0.39 is 17.9 Å². The van der Waals surface area contributed by atoms with E-state index in [0.717, 1.165) is 11.8 Å². The van der Waals surface area contributed by atoms with Crippen molar-refractivity contribution in [1.82, 2.24) is 5.32 Å². The van der Waals surface area contributed by atoms with Crippen molar-refractivity contribution in [3.8, 4) is 0 Å². The van der Waals surface area contributed by atoms with Crippen molar-refractivity contribution < 1.29 is 13.2 Å². The Morgan fingerprint density at radius 3 is 2.15 bits per heavy atom. The summed E-state index contributed by atoms with van der Waals surface area (Å²) in [5, 5.41) is 4.12. The van der Waals surface area contributed by atoms with Gasteiger partial charge < -0.3 is 5.32 Å². The Morgan fingerprint density at radius 1 is 1.15 bits per heavy atom. The highest BCUT2D eigenvalue weighted by atomic mass is 32.2. The van der Waals surface area contributed by atoms with Gasteiger partial charge in [-0.15, -0.1) is 0 Å². The van der Waals surface area contributed by atoms with Crippen LogP contribution in [0.5, 0.6) is 0 Å². The second kappa shape index (κ2) is 6.54. The second-order valence-electron chi connectivity index (χ2n) is 6.10. The summed E-state index contributed by atoms with van der Waals surface area (Å²) in [6.07, 6.45) is 1.15. The first kappa shape index (κ1) is 16.9. The number of carbonyl (C=O) groups excluding carboxylic acids is 1. The largest absolute Gasteiger partial charge is 0.352 e. The summed E-state index contributed by atoms with van der Waals surface area (Å²) >= 11 is 0. The highest BCUT2D eigenvalue weighted by Gasteiger charge is 2.15. The lowest BCUT2D eigenvalue weighted by Crippen LogP contribution is -2.37. The van der Waals surface area contributed by atoms with Gasteiger partial charge in [0.25, 0.3) is 0 Å². The summed E-state index contributed by atoms with van der Waals surface area (Å²) < 4.78 is 21.9. The van der Waals surface area contributed by atoms with Crippen LogP contribution in [0.1, 0.15) is 12.0 Å². The van der Waals surface area contributed by atoms with E-state index in [1.165, 1.54) is 5.19 Å². The van der Waals surface area contributed by atoms with Crippen molar-refractivity contribution in [2.75, 3.05) is 12.0 Å². The molecule has 0 aliphatic rings. The number of rotatable bonds is 6. The van der Waals surface area contributed by atoms with Crippen LogP contribution in [0, 0.1) is 0 Å². The number of nitrogens with one attached hydrogen (secondary N) is 1. The SMILES string of the molecule is C[Si](C)(C)c1ccc(CNC(=O)CCS(C)(=O)=O)cc1. The van der Waals surface area contributed by atoms with Crippen LogP contribution in [0.25, 0.3) is 0 Å². The first-order valence-electron chi connectivity index (χ1n) is 6.62. The Hall–Kier alpha value is -1.14. The monoisotopic (exact) mass is 313 g/mol.